The van der Waals surface area contributed by atoms with Crippen molar-refractivity contribution >= 4 is 17.5 Å². The maximum absolute atomic E-state index is 12.0. The van der Waals surface area contributed by atoms with Crippen LogP contribution in [0.15, 0.2) is 12.1 Å². The molecule has 0 aromatic heterocycles. The number of hydrogen-bond acceptors (Lipinski definition) is 4. The topological polar surface area (TPSA) is 58.6 Å². The molecule has 1 N–H and O–H groups in total. The Bertz CT molecular complexity index is 622. The van der Waals surface area contributed by atoms with E-state index in [9.17, 15) is 9.59 Å². The molecule has 1 aliphatic carbocycles. The van der Waals surface area contributed by atoms with Crippen molar-refractivity contribution < 1.29 is 14.3 Å². The summed E-state index contributed by atoms with van der Waals surface area (Å²) in [5, 5.41) is 2.52. The first-order valence-electron chi connectivity index (χ1n) is 7.58. The molecular formula is C16H18N2O3. The van der Waals surface area contributed by atoms with Crippen LogP contribution < -0.4 is 15.0 Å². The number of ether oxygens (including phenoxy) is 1. The maximum atomic E-state index is 12.0. The predicted molar refractivity (Wildman–Crippen MR) is 77.4 cm³/mol. The standard InChI is InChI=1S/C16H18N2O3/c19-14(17-16(20)11-1-2-11)9-18-7-5-10-3-4-13-12(15(10)18)6-8-21-13/h3-4,11H,1-2,5-9H2,(H,17,19,20). The van der Waals surface area contributed by atoms with Gasteiger partial charge in [-0.15, -0.1) is 0 Å². The Kier molecular flexibility index (Phi) is 2.87. The lowest BCUT2D eigenvalue weighted by Crippen LogP contribution is -2.40. The van der Waals surface area contributed by atoms with E-state index in [2.05, 4.69) is 16.3 Å². The number of fused-ring (bicyclic) bond motifs is 3. The van der Waals surface area contributed by atoms with E-state index in [4.69, 9.17) is 4.74 Å². The third kappa shape index (κ3) is 2.26. The zero-order valence-corrected chi connectivity index (χ0v) is 11.9. The smallest absolute Gasteiger partial charge is 0.246 e. The first-order valence-corrected chi connectivity index (χ1v) is 7.58. The number of carbonyl (C=O) groups excluding carboxylic acids is 2. The van der Waals surface area contributed by atoms with Crippen molar-refractivity contribution in [1.29, 1.82) is 0 Å². The number of imide groups is 1. The normalized spacial score (nSPS) is 19.0. The Balaban J connectivity index is 1.50. The van der Waals surface area contributed by atoms with Crippen LogP contribution in [0.2, 0.25) is 0 Å². The monoisotopic (exact) mass is 286 g/mol. The Morgan fingerprint density at radius 1 is 1.29 bits per heavy atom. The van der Waals surface area contributed by atoms with E-state index in [1.807, 2.05) is 6.07 Å². The molecule has 2 amide bonds. The highest BCUT2D eigenvalue weighted by atomic mass is 16.5. The van der Waals surface area contributed by atoms with Gasteiger partial charge in [0.1, 0.15) is 5.75 Å². The quantitative estimate of drug-likeness (QED) is 0.902. The van der Waals surface area contributed by atoms with Gasteiger partial charge in [0, 0.05) is 30.1 Å². The molecule has 0 atom stereocenters. The molecular weight excluding hydrogens is 268 g/mol. The molecule has 0 unspecified atom stereocenters. The van der Waals surface area contributed by atoms with Gasteiger partial charge in [0.25, 0.3) is 0 Å². The second-order valence-corrected chi connectivity index (χ2v) is 6.01. The first-order chi connectivity index (χ1) is 10.2. The third-order valence-corrected chi connectivity index (χ3v) is 4.45. The summed E-state index contributed by atoms with van der Waals surface area (Å²) in [5.41, 5.74) is 3.64. The van der Waals surface area contributed by atoms with Crippen LogP contribution in [0.5, 0.6) is 5.75 Å². The number of nitrogens with one attached hydrogen (secondary N) is 1. The predicted octanol–water partition coefficient (Wildman–Crippen LogP) is 1.04. The number of amides is 2. The maximum Gasteiger partial charge on any atom is 0.246 e. The highest BCUT2D eigenvalue weighted by molar-refractivity contribution is 5.99. The molecule has 0 saturated heterocycles. The van der Waals surface area contributed by atoms with Gasteiger partial charge in [-0.1, -0.05) is 6.07 Å². The van der Waals surface area contributed by atoms with E-state index in [0.29, 0.717) is 6.61 Å². The molecule has 5 nitrogen and oxygen atoms in total. The third-order valence-electron chi connectivity index (χ3n) is 4.45. The van der Waals surface area contributed by atoms with Gasteiger partial charge >= 0.3 is 0 Å². The molecule has 1 fully saturated rings. The molecule has 0 radical (unpaired) electrons. The molecule has 3 aliphatic rings. The highest BCUT2D eigenvalue weighted by Gasteiger charge is 2.32. The van der Waals surface area contributed by atoms with Gasteiger partial charge in [-0.25, -0.2) is 0 Å². The molecule has 0 spiro atoms. The van der Waals surface area contributed by atoms with E-state index in [1.165, 1.54) is 11.1 Å². The van der Waals surface area contributed by atoms with Crippen LogP contribution in [-0.2, 0) is 22.4 Å². The van der Waals surface area contributed by atoms with Gasteiger partial charge in [-0.3, -0.25) is 14.9 Å². The molecule has 4 rings (SSSR count). The van der Waals surface area contributed by atoms with Gasteiger partial charge in [-0.05, 0) is 30.9 Å². The minimum atomic E-state index is -0.198. The highest BCUT2D eigenvalue weighted by Crippen LogP contribution is 2.40. The summed E-state index contributed by atoms with van der Waals surface area (Å²) in [4.78, 5) is 25.8. The molecule has 1 saturated carbocycles. The molecule has 110 valence electrons. The average molecular weight is 286 g/mol. The van der Waals surface area contributed by atoms with Gasteiger partial charge in [0.05, 0.1) is 13.2 Å². The minimum Gasteiger partial charge on any atom is -0.493 e. The van der Waals surface area contributed by atoms with Crippen molar-refractivity contribution in [2.75, 3.05) is 24.6 Å². The first kappa shape index (κ1) is 12.7. The van der Waals surface area contributed by atoms with Crippen LogP contribution in [0, 0.1) is 5.92 Å². The Morgan fingerprint density at radius 2 is 2.14 bits per heavy atom. The summed E-state index contributed by atoms with van der Waals surface area (Å²) in [6.07, 6.45) is 3.68. The summed E-state index contributed by atoms with van der Waals surface area (Å²) in [6.45, 7) is 1.80. The van der Waals surface area contributed by atoms with Crippen molar-refractivity contribution in [3.8, 4) is 5.75 Å². The van der Waals surface area contributed by atoms with Gasteiger partial charge in [0.15, 0.2) is 0 Å². The van der Waals surface area contributed by atoms with Crippen LogP contribution in [0.1, 0.15) is 24.0 Å². The van der Waals surface area contributed by atoms with Crippen LogP contribution in [0.4, 0.5) is 5.69 Å². The number of rotatable bonds is 3. The lowest BCUT2D eigenvalue weighted by molar-refractivity contribution is -0.130. The number of nitrogens with zero attached hydrogens (tertiary/aromatic N) is 1. The molecule has 21 heavy (non-hydrogen) atoms. The van der Waals surface area contributed by atoms with E-state index < -0.39 is 0 Å². The summed E-state index contributed by atoms with van der Waals surface area (Å²) in [5.74, 6) is 0.699. The van der Waals surface area contributed by atoms with Crippen LogP contribution in [0.3, 0.4) is 0 Å². The van der Waals surface area contributed by atoms with Gasteiger partial charge in [0.2, 0.25) is 11.8 Å². The van der Waals surface area contributed by atoms with E-state index in [1.54, 1.807) is 0 Å². The number of benzene rings is 1. The molecule has 2 heterocycles. The zero-order valence-electron chi connectivity index (χ0n) is 11.9. The largest absolute Gasteiger partial charge is 0.493 e. The second kappa shape index (κ2) is 4.76. The molecule has 1 aromatic rings. The second-order valence-electron chi connectivity index (χ2n) is 6.01. The van der Waals surface area contributed by atoms with E-state index in [-0.39, 0.29) is 24.3 Å². The summed E-state index contributed by atoms with van der Waals surface area (Å²) in [7, 11) is 0. The summed E-state index contributed by atoms with van der Waals surface area (Å²) < 4.78 is 5.60. The Labute approximate surface area is 123 Å². The lowest BCUT2D eigenvalue weighted by Gasteiger charge is -2.20. The fourth-order valence-corrected chi connectivity index (χ4v) is 3.23. The van der Waals surface area contributed by atoms with Crippen molar-refractivity contribution in [1.82, 2.24) is 5.32 Å². The van der Waals surface area contributed by atoms with Gasteiger partial charge < -0.3 is 9.64 Å². The van der Waals surface area contributed by atoms with Crippen LogP contribution in [-0.4, -0.2) is 31.5 Å². The van der Waals surface area contributed by atoms with Crippen molar-refractivity contribution in [2.45, 2.75) is 25.7 Å². The molecule has 0 bridgehead atoms. The fourth-order valence-electron chi connectivity index (χ4n) is 3.23. The number of carbonyl (C=O) groups is 2. The van der Waals surface area contributed by atoms with Gasteiger partial charge in [-0.2, -0.15) is 0 Å². The number of anilines is 1. The summed E-state index contributed by atoms with van der Waals surface area (Å²) in [6, 6.07) is 4.12. The fraction of sp³-hybridized carbons (Fsp3) is 0.500. The molecule has 5 heteroatoms. The van der Waals surface area contributed by atoms with Crippen LogP contribution >= 0.6 is 0 Å². The summed E-state index contributed by atoms with van der Waals surface area (Å²) >= 11 is 0. The van der Waals surface area contributed by atoms with Crippen molar-refractivity contribution in [3.05, 3.63) is 23.3 Å². The average Bonchev–Trinajstić information content (AvgIpc) is 3.07. The minimum absolute atomic E-state index is 0.0671. The lowest BCUT2D eigenvalue weighted by atomic mass is 10.1. The Morgan fingerprint density at radius 3 is 2.95 bits per heavy atom. The molecule has 2 aliphatic heterocycles. The van der Waals surface area contributed by atoms with Crippen molar-refractivity contribution in [3.63, 3.8) is 0 Å². The SMILES string of the molecule is O=C(CN1CCc2ccc3c(c21)CCO3)NC(=O)C1CC1. The number of hydrogen-bond donors (Lipinski definition) is 1. The van der Waals surface area contributed by atoms with Crippen LogP contribution in [0.25, 0.3) is 0 Å². The van der Waals surface area contributed by atoms with E-state index >= 15 is 0 Å². The molecule has 1 aromatic carbocycles. The van der Waals surface area contributed by atoms with E-state index in [0.717, 1.165) is 43.7 Å². The Hall–Kier alpha value is -2.04. The zero-order chi connectivity index (χ0) is 14.4. The van der Waals surface area contributed by atoms with Crippen molar-refractivity contribution in [2.24, 2.45) is 5.92 Å².